The quantitative estimate of drug-likeness (QED) is 0.605. The van der Waals surface area contributed by atoms with E-state index >= 15 is 0 Å². The van der Waals surface area contributed by atoms with E-state index in [9.17, 15) is 15.4 Å². The molecule has 0 saturated carbocycles. The molecule has 21 heavy (non-hydrogen) atoms. The lowest BCUT2D eigenvalue weighted by Crippen LogP contribution is -2.52. The Kier molecular flexibility index (Phi) is 3.49. The van der Waals surface area contributed by atoms with Crippen LogP contribution in [0, 0.1) is 21.4 Å². The van der Waals surface area contributed by atoms with Crippen molar-refractivity contribution in [2.75, 3.05) is 37.8 Å². The van der Waals surface area contributed by atoms with Crippen LogP contribution in [-0.2, 0) is 9.47 Å². The topological polar surface area (TPSA) is 88.6 Å². The van der Waals surface area contributed by atoms with Crippen LogP contribution in [0.1, 0.15) is 12.0 Å². The molecule has 0 N–H and O–H groups in total. The van der Waals surface area contributed by atoms with Gasteiger partial charge in [-0.1, -0.05) is 0 Å². The Balaban J connectivity index is 1.89. The minimum absolute atomic E-state index is 0.0672. The number of rotatable bonds is 2. The fourth-order valence-corrected chi connectivity index (χ4v) is 2.88. The predicted octanol–water partition coefficient (Wildman–Crippen LogP) is 1.46. The minimum atomic E-state index is -0.490. The molecule has 1 atom stereocenters. The summed E-state index contributed by atoms with van der Waals surface area (Å²) in [7, 11) is 0. The van der Waals surface area contributed by atoms with E-state index in [2.05, 4.69) is 4.90 Å². The number of nitro groups is 1. The van der Waals surface area contributed by atoms with Gasteiger partial charge in [-0.15, -0.1) is 0 Å². The molecule has 0 amide bonds. The Morgan fingerprint density at radius 2 is 2.29 bits per heavy atom. The zero-order valence-electron chi connectivity index (χ0n) is 11.4. The number of ether oxygens (including phenoxy) is 2. The van der Waals surface area contributed by atoms with E-state index in [1.54, 1.807) is 6.07 Å². The first-order valence-electron chi connectivity index (χ1n) is 6.79. The highest BCUT2D eigenvalue weighted by molar-refractivity contribution is 5.63. The zero-order valence-corrected chi connectivity index (χ0v) is 11.4. The number of nitriles is 1. The number of non-ortho nitro benzene ring substituents is 1. The Labute approximate surface area is 121 Å². The van der Waals surface area contributed by atoms with E-state index in [0.717, 1.165) is 12.1 Å². The lowest BCUT2D eigenvalue weighted by Gasteiger charge is -2.40. The molecule has 7 nitrogen and oxygen atoms in total. The molecule has 2 fully saturated rings. The van der Waals surface area contributed by atoms with Crippen LogP contribution in [0.15, 0.2) is 18.2 Å². The summed E-state index contributed by atoms with van der Waals surface area (Å²) in [6.07, 6.45) is 0.832. The number of nitro benzene ring substituents is 1. The number of nitrogens with zero attached hydrogens (tertiary/aromatic N) is 3. The van der Waals surface area contributed by atoms with Gasteiger partial charge in [0.2, 0.25) is 0 Å². The fraction of sp³-hybridized carbons (Fsp3) is 0.500. The van der Waals surface area contributed by atoms with E-state index in [1.165, 1.54) is 12.1 Å². The molecular formula is C14H15N3O4. The van der Waals surface area contributed by atoms with Crippen molar-refractivity contribution in [3.63, 3.8) is 0 Å². The molecular weight excluding hydrogens is 274 g/mol. The van der Waals surface area contributed by atoms with Crippen molar-refractivity contribution in [1.29, 1.82) is 5.26 Å². The summed E-state index contributed by atoms with van der Waals surface area (Å²) in [5.74, 6) is 0. The van der Waals surface area contributed by atoms with Crippen LogP contribution < -0.4 is 4.90 Å². The Bertz CT molecular complexity index is 605. The molecule has 1 aromatic carbocycles. The third-order valence-corrected chi connectivity index (χ3v) is 3.97. The predicted molar refractivity (Wildman–Crippen MR) is 74.1 cm³/mol. The highest BCUT2D eigenvalue weighted by Gasteiger charge is 2.40. The van der Waals surface area contributed by atoms with Crippen LogP contribution in [0.4, 0.5) is 11.4 Å². The van der Waals surface area contributed by atoms with Gasteiger partial charge in [0.15, 0.2) is 0 Å². The Hall–Kier alpha value is -2.17. The van der Waals surface area contributed by atoms with Crippen molar-refractivity contribution in [2.45, 2.75) is 12.0 Å². The van der Waals surface area contributed by atoms with Crippen molar-refractivity contribution in [3.05, 3.63) is 33.9 Å². The number of benzene rings is 1. The molecule has 2 heterocycles. The fourth-order valence-electron chi connectivity index (χ4n) is 2.88. The largest absolute Gasteiger partial charge is 0.378 e. The van der Waals surface area contributed by atoms with Crippen molar-refractivity contribution in [3.8, 4) is 6.07 Å². The van der Waals surface area contributed by atoms with Gasteiger partial charge < -0.3 is 14.4 Å². The number of hydrogen-bond acceptors (Lipinski definition) is 6. The zero-order chi connectivity index (χ0) is 14.9. The van der Waals surface area contributed by atoms with E-state index in [0.29, 0.717) is 38.5 Å². The molecule has 0 aliphatic carbocycles. The molecule has 2 aliphatic rings. The SMILES string of the molecule is N#Cc1cc([N+](=O)[O-])ccc1N1CCOC2(CCOC2)C1. The van der Waals surface area contributed by atoms with E-state index in [-0.39, 0.29) is 11.3 Å². The summed E-state index contributed by atoms with van der Waals surface area (Å²) in [6, 6.07) is 6.45. The maximum absolute atomic E-state index is 10.8. The highest BCUT2D eigenvalue weighted by Crippen LogP contribution is 2.32. The van der Waals surface area contributed by atoms with Gasteiger partial charge in [0.25, 0.3) is 5.69 Å². The maximum atomic E-state index is 10.8. The Morgan fingerprint density at radius 1 is 1.43 bits per heavy atom. The molecule has 110 valence electrons. The van der Waals surface area contributed by atoms with Gasteiger partial charge in [-0.2, -0.15) is 5.26 Å². The first-order valence-corrected chi connectivity index (χ1v) is 6.79. The normalized spacial score (nSPS) is 25.0. The molecule has 2 saturated heterocycles. The van der Waals surface area contributed by atoms with Gasteiger partial charge in [0.1, 0.15) is 11.7 Å². The first-order chi connectivity index (χ1) is 10.1. The van der Waals surface area contributed by atoms with E-state index in [4.69, 9.17) is 9.47 Å². The Morgan fingerprint density at radius 3 is 2.95 bits per heavy atom. The van der Waals surface area contributed by atoms with Gasteiger partial charge in [0.05, 0.1) is 29.4 Å². The summed E-state index contributed by atoms with van der Waals surface area (Å²) in [5, 5.41) is 20.1. The second-order valence-corrected chi connectivity index (χ2v) is 5.33. The molecule has 7 heteroatoms. The lowest BCUT2D eigenvalue weighted by atomic mass is 9.99. The second-order valence-electron chi connectivity index (χ2n) is 5.33. The minimum Gasteiger partial charge on any atom is -0.378 e. The van der Waals surface area contributed by atoms with Gasteiger partial charge in [0, 0.05) is 38.2 Å². The molecule has 3 rings (SSSR count). The van der Waals surface area contributed by atoms with Crippen molar-refractivity contribution in [2.24, 2.45) is 0 Å². The third-order valence-electron chi connectivity index (χ3n) is 3.97. The third kappa shape index (κ3) is 2.55. The van der Waals surface area contributed by atoms with Crippen LogP contribution >= 0.6 is 0 Å². The molecule has 2 aliphatic heterocycles. The summed E-state index contributed by atoms with van der Waals surface area (Å²) in [6.45, 7) is 3.09. The van der Waals surface area contributed by atoms with Gasteiger partial charge in [-0.3, -0.25) is 10.1 Å². The maximum Gasteiger partial charge on any atom is 0.270 e. The smallest absolute Gasteiger partial charge is 0.270 e. The van der Waals surface area contributed by atoms with Crippen molar-refractivity contribution < 1.29 is 14.4 Å². The van der Waals surface area contributed by atoms with E-state index in [1.807, 2.05) is 6.07 Å². The van der Waals surface area contributed by atoms with Gasteiger partial charge >= 0.3 is 0 Å². The van der Waals surface area contributed by atoms with Crippen LogP contribution in [0.5, 0.6) is 0 Å². The van der Waals surface area contributed by atoms with Crippen LogP contribution in [0.25, 0.3) is 0 Å². The molecule has 0 aromatic heterocycles. The standard InChI is InChI=1S/C14H15N3O4/c15-8-11-7-12(17(18)19)1-2-13(11)16-4-6-21-14(9-16)3-5-20-10-14/h1-2,7H,3-6,9-10H2. The average Bonchev–Trinajstić information content (AvgIpc) is 2.94. The summed E-state index contributed by atoms with van der Waals surface area (Å²) < 4.78 is 11.3. The summed E-state index contributed by atoms with van der Waals surface area (Å²) in [4.78, 5) is 12.4. The van der Waals surface area contributed by atoms with E-state index < -0.39 is 4.92 Å². The van der Waals surface area contributed by atoms with Gasteiger partial charge in [-0.05, 0) is 6.07 Å². The van der Waals surface area contributed by atoms with Crippen molar-refractivity contribution in [1.82, 2.24) is 0 Å². The monoisotopic (exact) mass is 289 g/mol. The van der Waals surface area contributed by atoms with Crippen LogP contribution in [0.3, 0.4) is 0 Å². The molecule has 1 spiro atoms. The summed E-state index contributed by atoms with van der Waals surface area (Å²) >= 11 is 0. The molecule has 1 aromatic rings. The highest BCUT2D eigenvalue weighted by atomic mass is 16.6. The second kappa shape index (κ2) is 5.31. The number of anilines is 1. The number of morpholine rings is 1. The molecule has 0 bridgehead atoms. The summed E-state index contributed by atoms with van der Waals surface area (Å²) in [5.41, 5.74) is 0.660. The molecule has 0 radical (unpaired) electrons. The van der Waals surface area contributed by atoms with Crippen LogP contribution in [-0.4, -0.2) is 43.4 Å². The number of hydrogen-bond donors (Lipinski definition) is 0. The van der Waals surface area contributed by atoms with Gasteiger partial charge in [-0.25, -0.2) is 0 Å². The average molecular weight is 289 g/mol. The van der Waals surface area contributed by atoms with Crippen molar-refractivity contribution >= 4 is 11.4 Å². The van der Waals surface area contributed by atoms with Crippen LogP contribution in [0.2, 0.25) is 0 Å². The molecule has 1 unspecified atom stereocenters. The lowest BCUT2D eigenvalue weighted by molar-refractivity contribution is -0.384. The first kappa shape index (κ1) is 13.8.